The molecule has 0 aliphatic rings. The van der Waals surface area contributed by atoms with Gasteiger partial charge in [0.15, 0.2) is 0 Å². The van der Waals surface area contributed by atoms with Crippen LogP contribution in [-0.2, 0) is 13.1 Å². The molecule has 0 bridgehead atoms. The fraction of sp³-hybridized carbons (Fsp3) is 0.600. The van der Waals surface area contributed by atoms with Gasteiger partial charge in [0, 0.05) is 24.5 Å². The molecule has 2 rings (SSSR count). The summed E-state index contributed by atoms with van der Waals surface area (Å²) in [6.45, 7) is 10.4. The highest BCUT2D eigenvalue weighted by Crippen LogP contribution is 2.07. The molecule has 0 atom stereocenters. The predicted octanol–water partition coefficient (Wildman–Crippen LogP) is 3.18. The SMILES string of the molecule is Cc1cc(C)n(CCCCCn2nc(C)cc2C)n1. The maximum Gasteiger partial charge on any atom is 0.0596 e. The summed E-state index contributed by atoms with van der Waals surface area (Å²) in [5, 5.41) is 8.97. The van der Waals surface area contributed by atoms with E-state index in [4.69, 9.17) is 0 Å². The van der Waals surface area contributed by atoms with E-state index in [-0.39, 0.29) is 0 Å². The van der Waals surface area contributed by atoms with Gasteiger partial charge in [0.1, 0.15) is 0 Å². The van der Waals surface area contributed by atoms with Crippen molar-refractivity contribution < 1.29 is 0 Å². The molecule has 0 unspecified atom stereocenters. The minimum absolute atomic E-state index is 1.02. The average molecular weight is 260 g/mol. The summed E-state index contributed by atoms with van der Waals surface area (Å²) in [5.74, 6) is 0. The van der Waals surface area contributed by atoms with Crippen molar-refractivity contribution in [2.24, 2.45) is 0 Å². The van der Waals surface area contributed by atoms with Crippen LogP contribution in [0, 0.1) is 27.7 Å². The number of nitrogens with zero attached hydrogens (tertiary/aromatic N) is 4. The maximum atomic E-state index is 4.48. The van der Waals surface area contributed by atoms with Gasteiger partial charge in [-0.25, -0.2) is 0 Å². The van der Waals surface area contributed by atoms with E-state index in [0.717, 1.165) is 24.5 Å². The number of aryl methyl sites for hydroxylation is 6. The van der Waals surface area contributed by atoms with Crippen LogP contribution < -0.4 is 0 Å². The first kappa shape index (κ1) is 13.8. The van der Waals surface area contributed by atoms with Crippen LogP contribution in [0.5, 0.6) is 0 Å². The molecule has 2 aromatic heterocycles. The Kier molecular flexibility index (Phi) is 4.40. The molecule has 2 aromatic rings. The minimum Gasteiger partial charge on any atom is -0.270 e. The van der Waals surface area contributed by atoms with Crippen molar-refractivity contribution in [1.29, 1.82) is 0 Å². The number of rotatable bonds is 6. The zero-order valence-electron chi connectivity index (χ0n) is 12.5. The van der Waals surface area contributed by atoms with Crippen LogP contribution in [0.4, 0.5) is 0 Å². The summed E-state index contributed by atoms with van der Waals surface area (Å²) in [6.07, 6.45) is 3.58. The van der Waals surface area contributed by atoms with Gasteiger partial charge >= 0.3 is 0 Å². The molecule has 0 amide bonds. The Balaban J connectivity index is 1.70. The molecule has 19 heavy (non-hydrogen) atoms. The molecule has 0 aliphatic heterocycles. The first-order valence-corrected chi connectivity index (χ1v) is 7.08. The van der Waals surface area contributed by atoms with Gasteiger partial charge in [-0.05, 0) is 59.1 Å². The minimum atomic E-state index is 1.02. The van der Waals surface area contributed by atoms with Crippen molar-refractivity contribution in [3.63, 3.8) is 0 Å². The van der Waals surface area contributed by atoms with Gasteiger partial charge in [0.2, 0.25) is 0 Å². The lowest BCUT2D eigenvalue weighted by molar-refractivity contribution is 0.490. The zero-order valence-corrected chi connectivity index (χ0v) is 12.5. The highest BCUT2D eigenvalue weighted by Gasteiger charge is 2.02. The van der Waals surface area contributed by atoms with Gasteiger partial charge in [-0.3, -0.25) is 9.36 Å². The number of hydrogen-bond donors (Lipinski definition) is 0. The summed E-state index contributed by atoms with van der Waals surface area (Å²) in [5.41, 5.74) is 4.74. The van der Waals surface area contributed by atoms with Crippen LogP contribution >= 0.6 is 0 Å². The third kappa shape index (κ3) is 3.69. The van der Waals surface area contributed by atoms with Crippen molar-refractivity contribution in [3.05, 3.63) is 34.9 Å². The standard InChI is InChI=1S/C15H24N4/c1-12-10-14(3)18(16-12)8-6-5-7-9-19-15(4)11-13(2)17-19/h10-11H,5-9H2,1-4H3. The molecular formula is C15H24N4. The van der Waals surface area contributed by atoms with Crippen LogP contribution in [0.3, 0.4) is 0 Å². The Labute approximate surface area is 115 Å². The lowest BCUT2D eigenvalue weighted by Gasteiger charge is -2.06. The van der Waals surface area contributed by atoms with Crippen LogP contribution in [0.2, 0.25) is 0 Å². The van der Waals surface area contributed by atoms with Gasteiger partial charge in [-0.15, -0.1) is 0 Å². The lowest BCUT2D eigenvalue weighted by Crippen LogP contribution is -2.05. The molecule has 2 heterocycles. The zero-order chi connectivity index (χ0) is 13.8. The quantitative estimate of drug-likeness (QED) is 0.748. The van der Waals surface area contributed by atoms with Gasteiger partial charge in [-0.2, -0.15) is 10.2 Å². The molecule has 0 saturated heterocycles. The highest BCUT2D eigenvalue weighted by molar-refractivity contribution is 5.07. The van der Waals surface area contributed by atoms with E-state index in [1.807, 2.05) is 13.8 Å². The fourth-order valence-electron chi connectivity index (χ4n) is 2.50. The summed E-state index contributed by atoms with van der Waals surface area (Å²) < 4.78 is 4.22. The van der Waals surface area contributed by atoms with Crippen LogP contribution in [0.25, 0.3) is 0 Å². The molecular weight excluding hydrogens is 236 g/mol. The Hall–Kier alpha value is -1.58. The highest BCUT2D eigenvalue weighted by atomic mass is 15.3. The van der Waals surface area contributed by atoms with Gasteiger partial charge in [-0.1, -0.05) is 0 Å². The molecule has 0 aliphatic carbocycles. The van der Waals surface area contributed by atoms with Crippen molar-refractivity contribution >= 4 is 0 Å². The number of hydrogen-bond acceptors (Lipinski definition) is 2. The molecule has 0 aromatic carbocycles. The van der Waals surface area contributed by atoms with E-state index in [1.165, 1.54) is 30.7 Å². The van der Waals surface area contributed by atoms with E-state index < -0.39 is 0 Å². The largest absolute Gasteiger partial charge is 0.270 e. The topological polar surface area (TPSA) is 35.6 Å². The van der Waals surface area contributed by atoms with Gasteiger partial charge in [0.25, 0.3) is 0 Å². The smallest absolute Gasteiger partial charge is 0.0596 e. The molecule has 104 valence electrons. The van der Waals surface area contributed by atoms with Gasteiger partial charge in [0.05, 0.1) is 11.4 Å². The maximum absolute atomic E-state index is 4.48. The van der Waals surface area contributed by atoms with Crippen LogP contribution in [0.1, 0.15) is 42.0 Å². The summed E-state index contributed by atoms with van der Waals surface area (Å²) in [4.78, 5) is 0. The Bertz CT molecular complexity index is 488. The number of aromatic nitrogens is 4. The predicted molar refractivity (Wildman–Crippen MR) is 77.3 cm³/mol. The second-order valence-electron chi connectivity index (χ2n) is 5.36. The molecule has 0 spiro atoms. The molecule has 4 nitrogen and oxygen atoms in total. The second kappa shape index (κ2) is 6.04. The first-order valence-electron chi connectivity index (χ1n) is 7.08. The monoisotopic (exact) mass is 260 g/mol. The lowest BCUT2D eigenvalue weighted by atomic mass is 10.2. The summed E-state index contributed by atoms with van der Waals surface area (Å²) in [7, 11) is 0. The fourth-order valence-corrected chi connectivity index (χ4v) is 2.50. The summed E-state index contributed by atoms with van der Waals surface area (Å²) >= 11 is 0. The average Bonchev–Trinajstić information content (AvgIpc) is 2.81. The van der Waals surface area contributed by atoms with Crippen molar-refractivity contribution in [2.45, 2.75) is 60.0 Å². The van der Waals surface area contributed by atoms with Crippen molar-refractivity contribution in [1.82, 2.24) is 19.6 Å². The van der Waals surface area contributed by atoms with E-state index >= 15 is 0 Å². The van der Waals surface area contributed by atoms with Gasteiger partial charge < -0.3 is 0 Å². The van der Waals surface area contributed by atoms with E-state index in [9.17, 15) is 0 Å². The molecule has 0 radical (unpaired) electrons. The Morgan fingerprint density at radius 1 is 0.737 bits per heavy atom. The van der Waals surface area contributed by atoms with E-state index in [0.29, 0.717) is 0 Å². The Morgan fingerprint density at radius 3 is 1.47 bits per heavy atom. The Morgan fingerprint density at radius 2 is 1.16 bits per heavy atom. The normalized spacial score (nSPS) is 11.2. The van der Waals surface area contributed by atoms with Crippen molar-refractivity contribution in [2.75, 3.05) is 0 Å². The molecule has 0 N–H and O–H groups in total. The number of unbranched alkanes of at least 4 members (excludes halogenated alkanes) is 2. The van der Waals surface area contributed by atoms with Crippen LogP contribution in [-0.4, -0.2) is 19.6 Å². The van der Waals surface area contributed by atoms with E-state index in [2.05, 4.69) is 45.5 Å². The molecule has 4 heteroatoms. The molecule has 0 fully saturated rings. The molecule has 0 saturated carbocycles. The second-order valence-corrected chi connectivity index (χ2v) is 5.36. The van der Waals surface area contributed by atoms with Crippen molar-refractivity contribution in [3.8, 4) is 0 Å². The van der Waals surface area contributed by atoms with Crippen LogP contribution in [0.15, 0.2) is 12.1 Å². The third-order valence-corrected chi connectivity index (χ3v) is 3.45. The summed E-state index contributed by atoms with van der Waals surface area (Å²) in [6, 6.07) is 4.27. The first-order chi connectivity index (χ1) is 9.06. The third-order valence-electron chi connectivity index (χ3n) is 3.45. The van der Waals surface area contributed by atoms with E-state index in [1.54, 1.807) is 0 Å².